The van der Waals surface area contributed by atoms with E-state index in [1.807, 2.05) is 19.9 Å². The number of nitrogens with zero attached hydrogens (tertiary/aromatic N) is 1. The Bertz CT molecular complexity index is 536. The number of hydrogen-bond donors (Lipinski definition) is 1. The highest BCUT2D eigenvalue weighted by Crippen LogP contribution is 2.20. The molecule has 1 aromatic heterocycles. The Balaban J connectivity index is 1.97. The summed E-state index contributed by atoms with van der Waals surface area (Å²) < 4.78 is 0. The number of aryl methyl sites for hydroxylation is 2. The third-order valence-electron chi connectivity index (χ3n) is 2.86. The Kier molecular flexibility index (Phi) is 4.38. The quantitative estimate of drug-likeness (QED) is 0.905. The standard InChI is InChI=1S/C14H17ClN2S/c1-9-4-5-12(6-13(9)15)7-16-11(3)14-17-10(2)8-18-14/h4-6,8,11,16H,7H2,1-3H3. The van der Waals surface area contributed by atoms with Crippen molar-refractivity contribution in [1.82, 2.24) is 10.3 Å². The van der Waals surface area contributed by atoms with Crippen molar-refractivity contribution in [3.63, 3.8) is 0 Å². The minimum absolute atomic E-state index is 0.267. The van der Waals surface area contributed by atoms with Gasteiger partial charge in [-0.3, -0.25) is 0 Å². The van der Waals surface area contributed by atoms with Crippen LogP contribution in [0.15, 0.2) is 23.6 Å². The normalized spacial score (nSPS) is 12.7. The molecule has 0 aliphatic carbocycles. The Hall–Kier alpha value is -0.900. The average molecular weight is 281 g/mol. The van der Waals surface area contributed by atoms with Crippen molar-refractivity contribution < 1.29 is 0 Å². The lowest BCUT2D eigenvalue weighted by molar-refractivity contribution is 0.571. The van der Waals surface area contributed by atoms with E-state index in [2.05, 4.69) is 34.7 Å². The highest BCUT2D eigenvalue weighted by atomic mass is 35.5. The van der Waals surface area contributed by atoms with Crippen LogP contribution in [-0.2, 0) is 6.54 Å². The molecule has 0 bridgehead atoms. The number of rotatable bonds is 4. The van der Waals surface area contributed by atoms with E-state index in [0.29, 0.717) is 0 Å². The zero-order valence-electron chi connectivity index (χ0n) is 10.8. The molecule has 0 radical (unpaired) electrons. The van der Waals surface area contributed by atoms with E-state index in [1.165, 1.54) is 5.56 Å². The maximum Gasteiger partial charge on any atom is 0.110 e. The lowest BCUT2D eigenvalue weighted by atomic mass is 10.1. The van der Waals surface area contributed by atoms with Crippen molar-refractivity contribution in [2.75, 3.05) is 0 Å². The van der Waals surface area contributed by atoms with Gasteiger partial charge in [0.15, 0.2) is 0 Å². The van der Waals surface area contributed by atoms with Gasteiger partial charge in [0.25, 0.3) is 0 Å². The van der Waals surface area contributed by atoms with Gasteiger partial charge in [-0.15, -0.1) is 11.3 Å². The van der Waals surface area contributed by atoms with Gasteiger partial charge in [-0.05, 0) is 38.0 Å². The predicted octanol–water partition coefficient (Wildman–Crippen LogP) is 4.26. The van der Waals surface area contributed by atoms with Gasteiger partial charge >= 0.3 is 0 Å². The first-order chi connectivity index (χ1) is 8.56. The summed E-state index contributed by atoms with van der Waals surface area (Å²) in [4.78, 5) is 4.48. The van der Waals surface area contributed by atoms with Crippen LogP contribution in [0.3, 0.4) is 0 Å². The molecule has 2 nitrogen and oxygen atoms in total. The largest absolute Gasteiger partial charge is 0.304 e. The number of aromatic nitrogens is 1. The second-order valence-corrected chi connectivity index (χ2v) is 5.81. The molecule has 18 heavy (non-hydrogen) atoms. The molecule has 1 N–H and O–H groups in total. The van der Waals surface area contributed by atoms with Crippen LogP contribution in [0.5, 0.6) is 0 Å². The van der Waals surface area contributed by atoms with Gasteiger partial charge in [0.05, 0.1) is 6.04 Å². The van der Waals surface area contributed by atoms with Gasteiger partial charge in [-0.1, -0.05) is 23.7 Å². The smallest absolute Gasteiger partial charge is 0.110 e. The topological polar surface area (TPSA) is 24.9 Å². The molecule has 1 atom stereocenters. The molecule has 2 rings (SSSR count). The first-order valence-corrected chi connectivity index (χ1v) is 7.22. The van der Waals surface area contributed by atoms with Crippen LogP contribution in [0.4, 0.5) is 0 Å². The monoisotopic (exact) mass is 280 g/mol. The molecule has 0 fully saturated rings. The molecule has 1 heterocycles. The zero-order valence-corrected chi connectivity index (χ0v) is 12.4. The summed E-state index contributed by atoms with van der Waals surface area (Å²) in [5.74, 6) is 0. The molecular weight excluding hydrogens is 264 g/mol. The summed E-state index contributed by atoms with van der Waals surface area (Å²) in [6.07, 6.45) is 0. The molecular formula is C14H17ClN2S. The molecule has 0 saturated carbocycles. The molecule has 1 aromatic carbocycles. The number of thiazole rings is 1. The molecule has 96 valence electrons. The van der Waals surface area contributed by atoms with Crippen LogP contribution in [0.25, 0.3) is 0 Å². The van der Waals surface area contributed by atoms with E-state index >= 15 is 0 Å². The summed E-state index contributed by atoms with van der Waals surface area (Å²) in [6.45, 7) is 6.97. The van der Waals surface area contributed by atoms with E-state index in [4.69, 9.17) is 11.6 Å². The minimum Gasteiger partial charge on any atom is -0.304 e. The Morgan fingerprint density at radius 2 is 2.17 bits per heavy atom. The molecule has 0 amide bonds. The number of hydrogen-bond acceptors (Lipinski definition) is 3. The van der Waals surface area contributed by atoms with Crippen molar-refractivity contribution in [2.45, 2.75) is 33.4 Å². The fourth-order valence-corrected chi connectivity index (χ4v) is 2.71. The maximum atomic E-state index is 6.11. The second kappa shape index (κ2) is 5.83. The number of halogens is 1. The summed E-state index contributed by atoms with van der Waals surface area (Å²) in [6, 6.07) is 6.44. The van der Waals surface area contributed by atoms with E-state index in [-0.39, 0.29) is 6.04 Å². The second-order valence-electron chi connectivity index (χ2n) is 4.51. The van der Waals surface area contributed by atoms with E-state index in [0.717, 1.165) is 27.8 Å². The fraction of sp³-hybridized carbons (Fsp3) is 0.357. The highest BCUT2D eigenvalue weighted by molar-refractivity contribution is 7.09. The third kappa shape index (κ3) is 3.31. The lowest BCUT2D eigenvalue weighted by Crippen LogP contribution is -2.17. The van der Waals surface area contributed by atoms with E-state index in [9.17, 15) is 0 Å². The molecule has 0 saturated heterocycles. The van der Waals surface area contributed by atoms with Gasteiger partial charge in [0, 0.05) is 22.6 Å². The van der Waals surface area contributed by atoms with Crippen molar-refractivity contribution in [3.05, 3.63) is 50.4 Å². The van der Waals surface area contributed by atoms with Gasteiger partial charge in [0.1, 0.15) is 5.01 Å². The number of nitrogens with one attached hydrogen (secondary N) is 1. The van der Waals surface area contributed by atoms with Crippen molar-refractivity contribution >= 4 is 22.9 Å². The highest BCUT2D eigenvalue weighted by Gasteiger charge is 2.08. The van der Waals surface area contributed by atoms with Crippen LogP contribution >= 0.6 is 22.9 Å². The van der Waals surface area contributed by atoms with Gasteiger partial charge in [0.2, 0.25) is 0 Å². The first kappa shape index (κ1) is 13.5. The predicted molar refractivity (Wildman–Crippen MR) is 78.3 cm³/mol. The lowest BCUT2D eigenvalue weighted by Gasteiger charge is -2.11. The molecule has 2 aromatic rings. The summed E-state index contributed by atoms with van der Waals surface area (Å²) in [5, 5.41) is 7.50. The third-order valence-corrected chi connectivity index (χ3v) is 4.41. The summed E-state index contributed by atoms with van der Waals surface area (Å²) >= 11 is 7.81. The number of benzene rings is 1. The van der Waals surface area contributed by atoms with Crippen molar-refractivity contribution in [1.29, 1.82) is 0 Å². The maximum absolute atomic E-state index is 6.11. The zero-order chi connectivity index (χ0) is 13.1. The van der Waals surface area contributed by atoms with Crippen molar-refractivity contribution in [2.24, 2.45) is 0 Å². The van der Waals surface area contributed by atoms with E-state index in [1.54, 1.807) is 11.3 Å². The van der Waals surface area contributed by atoms with Gasteiger partial charge < -0.3 is 5.32 Å². The molecule has 4 heteroatoms. The first-order valence-electron chi connectivity index (χ1n) is 5.96. The van der Waals surface area contributed by atoms with Gasteiger partial charge in [-0.25, -0.2) is 4.98 Å². The average Bonchev–Trinajstić information content (AvgIpc) is 2.77. The Morgan fingerprint density at radius 1 is 1.39 bits per heavy atom. The van der Waals surface area contributed by atoms with Crippen LogP contribution in [-0.4, -0.2) is 4.98 Å². The van der Waals surface area contributed by atoms with Crippen LogP contribution in [0, 0.1) is 13.8 Å². The van der Waals surface area contributed by atoms with Crippen LogP contribution in [0.1, 0.15) is 34.8 Å². The molecule has 0 aliphatic rings. The van der Waals surface area contributed by atoms with Crippen molar-refractivity contribution in [3.8, 4) is 0 Å². The molecule has 0 aliphatic heterocycles. The van der Waals surface area contributed by atoms with Crippen LogP contribution < -0.4 is 5.32 Å². The summed E-state index contributed by atoms with van der Waals surface area (Å²) in [5.41, 5.74) is 3.40. The fourth-order valence-electron chi connectivity index (χ4n) is 1.68. The molecule has 0 spiro atoms. The minimum atomic E-state index is 0.267. The Morgan fingerprint density at radius 3 is 2.78 bits per heavy atom. The Labute approximate surface area is 117 Å². The van der Waals surface area contributed by atoms with E-state index < -0.39 is 0 Å². The van der Waals surface area contributed by atoms with Gasteiger partial charge in [-0.2, -0.15) is 0 Å². The molecule has 1 unspecified atom stereocenters. The SMILES string of the molecule is Cc1csc(C(C)NCc2ccc(C)c(Cl)c2)n1. The summed E-state index contributed by atoms with van der Waals surface area (Å²) in [7, 11) is 0. The van der Waals surface area contributed by atoms with Crippen LogP contribution in [0.2, 0.25) is 5.02 Å².